The van der Waals surface area contributed by atoms with Crippen molar-refractivity contribution >= 4 is 56.0 Å². The number of carbonyl (C=O) groups excluding carboxylic acids is 3. The van der Waals surface area contributed by atoms with Gasteiger partial charge in [-0.05, 0) is 47.3 Å². The van der Waals surface area contributed by atoms with Gasteiger partial charge in [-0.15, -0.1) is 6.58 Å². The number of aromatic nitrogens is 2. The normalized spacial score (nSPS) is 11.1. The third-order valence-corrected chi connectivity index (χ3v) is 8.01. The van der Waals surface area contributed by atoms with Crippen molar-refractivity contribution in [1.82, 2.24) is 8.97 Å². The molecule has 6 rings (SSSR count). The third-order valence-electron chi connectivity index (χ3n) is 8.01. The molecule has 0 aliphatic rings. The summed E-state index contributed by atoms with van der Waals surface area (Å²) in [5, 5.41) is 2.55. The standard InChI is InChI=1S/C37H32N2O10/c1-8-12-38-26-18-32(49-21(4)42)30(46-7)17-25(26)34-33(23-9-10-27(47-19(2)40)28(15-23)44-5)35-24-16-29(45-6)31(48-20(3)41)14-22(24)11-13-39(35)36(34)37(38)43/h8-11,13-18H,1,12H2,2-7H3. The lowest BCUT2D eigenvalue weighted by Gasteiger charge is -2.15. The van der Waals surface area contributed by atoms with Crippen molar-refractivity contribution in [2.45, 2.75) is 27.3 Å². The van der Waals surface area contributed by atoms with Crippen LogP contribution in [0.4, 0.5) is 0 Å². The molecule has 49 heavy (non-hydrogen) atoms. The summed E-state index contributed by atoms with van der Waals surface area (Å²) < 4.78 is 36.6. The van der Waals surface area contributed by atoms with Crippen molar-refractivity contribution in [3.63, 3.8) is 0 Å². The van der Waals surface area contributed by atoms with Gasteiger partial charge in [0.2, 0.25) is 0 Å². The smallest absolute Gasteiger partial charge is 0.308 e. The van der Waals surface area contributed by atoms with E-state index in [1.54, 1.807) is 63.7 Å². The van der Waals surface area contributed by atoms with Gasteiger partial charge in [0.25, 0.3) is 5.56 Å². The highest BCUT2D eigenvalue weighted by Crippen LogP contribution is 2.46. The molecule has 12 heteroatoms. The Morgan fingerprint density at radius 1 is 0.694 bits per heavy atom. The van der Waals surface area contributed by atoms with E-state index in [9.17, 15) is 19.2 Å². The second-order valence-electron chi connectivity index (χ2n) is 11.1. The van der Waals surface area contributed by atoms with Crippen LogP contribution < -0.4 is 34.0 Å². The van der Waals surface area contributed by atoms with Gasteiger partial charge in [0.1, 0.15) is 5.52 Å². The summed E-state index contributed by atoms with van der Waals surface area (Å²) >= 11 is 0. The molecule has 0 saturated heterocycles. The molecule has 0 unspecified atom stereocenters. The summed E-state index contributed by atoms with van der Waals surface area (Å²) in [6, 6.07) is 13.7. The molecule has 0 aliphatic carbocycles. The maximum Gasteiger partial charge on any atom is 0.308 e. The molecule has 0 spiro atoms. The zero-order valence-electron chi connectivity index (χ0n) is 27.7. The number of carbonyl (C=O) groups is 3. The first-order chi connectivity index (χ1) is 23.5. The molecule has 0 saturated carbocycles. The van der Waals surface area contributed by atoms with E-state index in [1.807, 2.05) is 6.07 Å². The van der Waals surface area contributed by atoms with Crippen molar-refractivity contribution in [3.05, 3.63) is 77.7 Å². The van der Waals surface area contributed by atoms with Gasteiger partial charge in [0.15, 0.2) is 34.5 Å². The number of pyridine rings is 2. The van der Waals surface area contributed by atoms with Crippen LogP contribution in [0.25, 0.3) is 49.2 Å². The van der Waals surface area contributed by atoms with Crippen LogP contribution in [-0.4, -0.2) is 48.2 Å². The van der Waals surface area contributed by atoms with Crippen LogP contribution in [0.2, 0.25) is 0 Å². The fraction of sp³-hybridized carbons (Fsp3) is 0.189. The Hall–Kier alpha value is -6.30. The van der Waals surface area contributed by atoms with Crippen molar-refractivity contribution in [2.75, 3.05) is 21.3 Å². The predicted octanol–water partition coefficient (Wildman–Crippen LogP) is 6.22. The monoisotopic (exact) mass is 664 g/mol. The van der Waals surface area contributed by atoms with Crippen LogP contribution >= 0.6 is 0 Å². The average Bonchev–Trinajstić information content (AvgIpc) is 3.41. The molecule has 12 nitrogen and oxygen atoms in total. The lowest BCUT2D eigenvalue weighted by atomic mass is 9.97. The van der Waals surface area contributed by atoms with Crippen LogP contribution in [-0.2, 0) is 20.9 Å². The molecule has 0 amide bonds. The van der Waals surface area contributed by atoms with Crippen LogP contribution in [0.3, 0.4) is 0 Å². The number of hydrogen-bond donors (Lipinski definition) is 0. The van der Waals surface area contributed by atoms with E-state index in [0.29, 0.717) is 55.0 Å². The minimum absolute atomic E-state index is 0.143. The van der Waals surface area contributed by atoms with Gasteiger partial charge in [-0.2, -0.15) is 0 Å². The third kappa shape index (κ3) is 5.56. The first kappa shape index (κ1) is 32.6. The minimum Gasteiger partial charge on any atom is -0.493 e. The molecule has 3 heterocycles. The molecular formula is C37H32N2O10. The summed E-state index contributed by atoms with van der Waals surface area (Å²) in [5.41, 5.74) is 2.35. The number of hydrogen-bond acceptors (Lipinski definition) is 10. The molecule has 3 aromatic heterocycles. The largest absolute Gasteiger partial charge is 0.493 e. The van der Waals surface area contributed by atoms with Crippen molar-refractivity contribution in [1.29, 1.82) is 0 Å². The summed E-state index contributed by atoms with van der Waals surface area (Å²) in [4.78, 5) is 50.4. The Kier molecular flexibility index (Phi) is 8.47. The maximum absolute atomic E-state index is 14.6. The number of nitrogens with zero attached hydrogens (tertiary/aromatic N) is 2. The molecule has 6 aromatic rings. The van der Waals surface area contributed by atoms with Crippen LogP contribution in [0, 0.1) is 0 Å². The van der Waals surface area contributed by atoms with Crippen molar-refractivity contribution in [2.24, 2.45) is 0 Å². The van der Waals surface area contributed by atoms with Crippen LogP contribution in [0.15, 0.2) is 72.2 Å². The van der Waals surface area contributed by atoms with Gasteiger partial charge in [-0.3, -0.25) is 19.2 Å². The molecule has 0 N–H and O–H groups in total. The quantitative estimate of drug-likeness (QED) is 0.0997. The molecule has 3 aromatic carbocycles. The predicted molar refractivity (Wildman–Crippen MR) is 183 cm³/mol. The van der Waals surface area contributed by atoms with E-state index in [4.69, 9.17) is 28.4 Å². The number of rotatable bonds is 9. The van der Waals surface area contributed by atoms with Gasteiger partial charge in [-0.25, -0.2) is 0 Å². The van der Waals surface area contributed by atoms with Gasteiger partial charge >= 0.3 is 17.9 Å². The van der Waals surface area contributed by atoms with E-state index in [2.05, 4.69) is 6.58 Å². The molecule has 0 radical (unpaired) electrons. The fourth-order valence-corrected chi connectivity index (χ4v) is 6.20. The second kappa shape index (κ2) is 12.7. The molecule has 0 bridgehead atoms. The summed E-state index contributed by atoms with van der Waals surface area (Å²) in [7, 11) is 4.39. The van der Waals surface area contributed by atoms with E-state index < -0.39 is 17.9 Å². The van der Waals surface area contributed by atoms with E-state index >= 15 is 0 Å². The highest BCUT2D eigenvalue weighted by Gasteiger charge is 2.26. The van der Waals surface area contributed by atoms with Crippen LogP contribution in [0.5, 0.6) is 34.5 Å². The minimum atomic E-state index is -0.555. The van der Waals surface area contributed by atoms with Gasteiger partial charge in [0.05, 0.1) is 32.4 Å². The van der Waals surface area contributed by atoms with E-state index in [1.165, 1.54) is 42.1 Å². The average molecular weight is 665 g/mol. The Morgan fingerprint density at radius 3 is 1.86 bits per heavy atom. The molecule has 0 atom stereocenters. The Labute approximate surface area is 279 Å². The van der Waals surface area contributed by atoms with Gasteiger partial charge in [-0.1, -0.05) is 12.1 Å². The van der Waals surface area contributed by atoms with Gasteiger partial charge < -0.3 is 37.4 Å². The highest BCUT2D eigenvalue weighted by molar-refractivity contribution is 6.22. The molecule has 0 fully saturated rings. The van der Waals surface area contributed by atoms with Crippen LogP contribution in [0.1, 0.15) is 20.8 Å². The molecule has 0 aliphatic heterocycles. The van der Waals surface area contributed by atoms with Crippen molar-refractivity contribution < 1.29 is 42.8 Å². The zero-order chi connectivity index (χ0) is 35.1. The number of fused-ring (bicyclic) bond motifs is 7. The summed E-state index contributed by atoms with van der Waals surface area (Å²) in [6.07, 6.45) is 3.38. The van der Waals surface area contributed by atoms with Crippen molar-refractivity contribution in [3.8, 4) is 45.6 Å². The lowest BCUT2D eigenvalue weighted by molar-refractivity contribution is -0.132. The number of esters is 3. The summed E-state index contributed by atoms with van der Waals surface area (Å²) in [5.74, 6) is -0.125. The number of allylic oxidation sites excluding steroid dienone is 1. The second-order valence-corrected chi connectivity index (χ2v) is 11.1. The molecular weight excluding hydrogens is 632 g/mol. The SMILES string of the molecule is C=CCn1c(=O)c2c(c(-c3ccc(OC(C)=O)c(OC)c3)c3c4cc(OC)c(OC(C)=O)cc4ccn32)c2cc(OC)c(OC(C)=O)cc21. The van der Waals surface area contributed by atoms with Gasteiger partial charge in [0, 0.05) is 61.3 Å². The molecule has 250 valence electrons. The fourth-order valence-electron chi connectivity index (χ4n) is 6.20. The first-order valence-corrected chi connectivity index (χ1v) is 15.1. The number of benzene rings is 3. The first-order valence-electron chi connectivity index (χ1n) is 15.1. The lowest BCUT2D eigenvalue weighted by Crippen LogP contribution is -2.21. The topological polar surface area (TPSA) is 133 Å². The number of methoxy groups -OCH3 is 3. The van der Waals surface area contributed by atoms with E-state index in [-0.39, 0.29) is 40.9 Å². The Bertz CT molecular complexity index is 2440. The van der Waals surface area contributed by atoms with E-state index in [0.717, 1.165) is 0 Å². The maximum atomic E-state index is 14.6. The highest BCUT2D eigenvalue weighted by atomic mass is 16.6. The Morgan fingerprint density at radius 2 is 1.27 bits per heavy atom. The summed E-state index contributed by atoms with van der Waals surface area (Å²) in [6.45, 7) is 7.89. The number of ether oxygens (including phenoxy) is 6. The Balaban J connectivity index is 1.88. The zero-order valence-corrected chi connectivity index (χ0v) is 27.7.